The summed E-state index contributed by atoms with van der Waals surface area (Å²) in [6.45, 7) is 3.06. The normalized spacial score (nSPS) is 35.2. The largest absolute Gasteiger partial charge is 0.449 e. The summed E-state index contributed by atoms with van der Waals surface area (Å²) in [5.74, 6) is -0.616. The van der Waals surface area contributed by atoms with Gasteiger partial charge in [-0.3, -0.25) is 9.78 Å². The third kappa shape index (κ3) is 8.72. The molecule has 13 atom stereocenters. The Hall–Kier alpha value is -3.32. The van der Waals surface area contributed by atoms with Crippen molar-refractivity contribution in [2.45, 2.75) is 106 Å². The maximum atomic E-state index is 12.3. The van der Waals surface area contributed by atoms with Gasteiger partial charge in [0, 0.05) is 19.1 Å². The Morgan fingerprint density at radius 1 is 0.981 bits per heavy atom. The summed E-state index contributed by atoms with van der Waals surface area (Å²) < 4.78 is 29.0. The zero-order valence-corrected chi connectivity index (χ0v) is 28.2. The van der Waals surface area contributed by atoms with Gasteiger partial charge in [0.2, 0.25) is 5.95 Å². The summed E-state index contributed by atoms with van der Waals surface area (Å²) in [4.78, 5) is 35.1. The molecule has 1 aliphatic carbocycles. The van der Waals surface area contributed by atoms with Gasteiger partial charge in [0.15, 0.2) is 23.7 Å². The third-order valence-corrected chi connectivity index (χ3v) is 9.60. The Balaban J connectivity index is 0.965. The summed E-state index contributed by atoms with van der Waals surface area (Å²) in [5, 5.41) is 84.1. The number of imidazole rings is 1. The van der Waals surface area contributed by atoms with Gasteiger partial charge < -0.3 is 80.2 Å². The van der Waals surface area contributed by atoms with Crippen molar-refractivity contribution < 1.29 is 69.3 Å². The highest BCUT2D eigenvalue weighted by molar-refractivity contribution is 5.71. The average Bonchev–Trinajstić information content (AvgIpc) is 3.66. The number of amides is 1. The number of hydrogen-bond acceptors (Lipinski definition) is 18. The number of carbonyl (C=O) groups is 1. The number of aromatic nitrogens is 4. The number of anilines is 1. The third-order valence-electron chi connectivity index (χ3n) is 9.60. The fourth-order valence-corrected chi connectivity index (χ4v) is 6.60. The van der Waals surface area contributed by atoms with E-state index in [-0.39, 0.29) is 36.7 Å². The summed E-state index contributed by atoms with van der Waals surface area (Å²) in [6.07, 6.45) is -12.5. The number of alkyl carbamates (subject to hydrolysis) is 1. The van der Waals surface area contributed by atoms with Crippen LogP contribution in [0.4, 0.5) is 10.7 Å². The molecule has 292 valence electrons. The fourth-order valence-electron chi connectivity index (χ4n) is 6.60. The molecule has 0 radical (unpaired) electrons. The molecule has 2 aliphatic heterocycles. The highest BCUT2D eigenvalue weighted by atomic mass is 16.7. The van der Waals surface area contributed by atoms with E-state index in [1.807, 2.05) is 0 Å². The topological polar surface area (TPSA) is 327 Å². The summed E-state index contributed by atoms with van der Waals surface area (Å²) in [7, 11) is 0. The lowest BCUT2D eigenvalue weighted by Gasteiger charge is -2.45. The SMILES string of the molecule is C=C1[C@H](COC(=O)NCCCCCCO[C@@H]2O[C@H](CO)[C@@H](O[C@@H]3O[C@H](CO)[C@H](O)[C@H](O)[C@H]3O)[C@H](O)[C@H]2O)[C@@H](O)C[C@@H]1n1cnc2c(=O)[nH]c(N)nc21. The van der Waals surface area contributed by atoms with Crippen molar-refractivity contribution in [3.63, 3.8) is 0 Å². The van der Waals surface area contributed by atoms with Crippen molar-refractivity contribution in [1.29, 1.82) is 0 Å². The first-order chi connectivity index (χ1) is 24.9. The van der Waals surface area contributed by atoms with Crippen molar-refractivity contribution in [2.24, 2.45) is 5.92 Å². The molecular formula is C31H48N6O15. The zero-order valence-electron chi connectivity index (χ0n) is 28.2. The van der Waals surface area contributed by atoms with E-state index in [4.69, 9.17) is 29.4 Å². The van der Waals surface area contributed by atoms with Crippen LogP contribution in [0.2, 0.25) is 0 Å². The molecular weight excluding hydrogens is 696 g/mol. The molecule has 5 rings (SSSR count). The quantitative estimate of drug-likeness (QED) is 0.0613. The summed E-state index contributed by atoms with van der Waals surface area (Å²) in [6, 6.07) is -0.431. The number of rotatable bonds is 15. The second-order valence-corrected chi connectivity index (χ2v) is 13.1. The molecule has 3 aliphatic rings. The van der Waals surface area contributed by atoms with E-state index < -0.39 is 104 Å². The van der Waals surface area contributed by atoms with Crippen LogP contribution in [0.1, 0.15) is 38.1 Å². The molecule has 0 bridgehead atoms. The number of ether oxygens (including phenoxy) is 5. The molecule has 3 fully saturated rings. The van der Waals surface area contributed by atoms with E-state index in [0.29, 0.717) is 37.8 Å². The molecule has 12 N–H and O–H groups in total. The molecule has 0 unspecified atom stereocenters. The number of nitrogens with one attached hydrogen (secondary N) is 2. The second-order valence-electron chi connectivity index (χ2n) is 13.1. The van der Waals surface area contributed by atoms with E-state index in [0.717, 1.165) is 0 Å². The first-order valence-electron chi connectivity index (χ1n) is 17.1. The molecule has 0 spiro atoms. The van der Waals surface area contributed by atoms with Crippen molar-refractivity contribution in [3.05, 3.63) is 28.8 Å². The number of H-pyrrole nitrogens is 1. The lowest BCUT2D eigenvalue weighted by atomic mass is 9.97. The van der Waals surface area contributed by atoms with Crippen LogP contribution in [0.25, 0.3) is 11.2 Å². The van der Waals surface area contributed by atoms with Gasteiger partial charge in [0.1, 0.15) is 55.4 Å². The van der Waals surface area contributed by atoms with E-state index in [1.165, 1.54) is 6.33 Å². The number of nitrogen functional groups attached to an aromatic ring is 1. The molecule has 1 amide bonds. The number of aliphatic hydroxyl groups excluding tert-OH is 8. The van der Waals surface area contributed by atoms with E-state index in [9.17, 15) is 50.4 Å². The van der Waals surface area contributed by atoms with E-state index in [2.05, 4.69) is 26.8 Å². The van der Waals surface area contributed by atoms with Gasteiger partial charge in [0.25, 0.3) is 5.56 Å². The number of fused-ring (bicyclic) bond motifs is 1. The number of nitrogens with two attached hydrogens (primary N) is 1. The minimum absolute atomic E-state index is 0.0685. The second kappa shape index (κ2) is 17.7. The van der Waals surface area contributed by atoms with Gasteiger partial charge in [-0.1, -0.05) is 19.4 Å². The van der Waals surface area contributed by atoms with Crippen LogP contribution in [0.15, 0.2) is 23.3 Å². The first kappa shape index (κ1) is 39.9. The predicted molar refractivity (Wildman–Crippen MR) is 175 cm³/mol. The van der Waals surface area contributed by atoms with Gasteiger partial charge >= 0.3 is 6.09 Å². The number of hydrogen-bond donors (Lipinski definition) is 11. The van der Waals surface area contributed by atoms with Crippen molar-refractivity contribution >= 4 is 23.2 Å². The molecule has 4 heterocycles. The van der Waals surface area contributed by atoms with Crippen LogP contribution in [0, 0.1) is 5.92 Å². The van der Waals surface area contributed by atoms with Crippen LogP contribution in [0.5, 0.6) is 0 Å². The van der Waals surface area contributed by atoms with Crippen LogP contribution in [-0.2, 0) is 23.7 Å². The predicted octanol–water partition coefficient (Wildman–Crippen LogP) is -3.89. The minimum Gasteiger partial charge on any atom is -0.449 e. The van der Waals surface area contributed by atoms with Gasteiger partial charge in [-0.15, -0.1) is 0 Å². The minimum atomic E-state index is -1.76. The lowest BCUT2D eigenvalue weighted by molar-refractivity contribution is -0.359. The van der Waals surface area contributed by atoms with Crippen molar-refractivity contribution in [3.8, 4) is 0 Å². The number of nitrogens with zero attached hydrogens (tertiary/aromatic N) is 3. The molecule has 0 aromatic carbocycles. The van der Waals surface area contributed by atoms with Crippen LogP contribution < -0.4 is 16.6 Å². The Morgan fingerprint density at radius 2 is 1.67 bits per heavy atom. The molecule has 21 heteroatoms. The van der Waals surface area contributed by atoms with Crippen molar-refractivity contribution in [1.82, 2.24) is 24.8 Å². The first-order valence-corrected chi connectivity index (χ1v) is 17.1. The average molecular weight is 745 g/mol. The van der Waals surface area contributed by atoms with Gasteiger partial charge in [-0.05, 0) is 24.8 Å². The Bertz CT molecular complexity index is 1560. The molecule has 2 aromatic rings. The number of unbranched alkanes of at least 4 members (excludes halogenated alkanes) is 3. The van der Waals surface area contributed by atoms with E-state index >= 15 is 0 Å². The maximum absolute atomic E-state index is 12.3. The fraction of sp³-hybridized carbons (Fsp3) is 0.742. The lowest BCUT2D eigenvalue weighted by Crippen LogP contribution is -2.64. The van der Waals surface area contributed by atoms with Crippen LogP contribution in [-0.4, -0.2) is 167 Å². The number of carbonyl (C=O) groups excluding carboxylic acids is 1. The smallest absolute Gasteiger partial charge is 0.407 e. The summed E-state index contributed by atoms with van der Waals surface area (Å²) in [5.41, 5.74) is 6.16. The molecule has 1 saturated carbocycles. The Kier molecular flexibility index (Phi) is 13.6. The standard InChI is InChI=1S/C31H48N6O15/c1-13-14(16(40)8-15(13)37-12-34-19-26(37)35-30(32)36-27(19)46)11-49-31(47)33-6-4-2-3-5-7-48-28-24(45)22(43)25(18(10-39)51-28)52-29-23(44)21(42)20(41)17(9-38)50-29/h12,14-18,20-25,28-29,38-45H,1-11H2,(H,33,47)(H3,32,35,36,46)/t14-,15-,16-,17+,18+,20-,21-,22+,23+,24+,25+,28+,29-/m0/s1. The van der Waals surface area contributed by atoms with Crippen LogP contribution in [0.3, 0.4) is 0 Å². The summed E-state index contributed by atoms with van der Waals surface area (Å²) >= 11 is 0. The van der Waals surface area contributed by atoms with Gasteiger partial charge in [-0.2, -0.15) is 4.98 Å². The molecule has 2 aromatic heterocycles. The maximum Gasteiger partial charge on any atom is 0.407 e. The Labute approximate surface area is 296 Å². The van der Waals surface area contributed by atoms with Gasteiger partial charge in [-0.25, -0.2) is 9.78 Å². The monoisotopic (exact) mass is 744 g/mol. The zero-order chi connectivity index (χ0) is 37.7. The highest BCUT2D eigenvalue weighted by Gasteiger charge is 2.50. The van der Waals surface area contributed by atoms with Crippen LogP contribution >= 0.6 is 0 Å². The number of aliphatic hydroxyl groups is 8. The Morgan fingerprint density at radius 3 is 2.40 bits per heavy atom. The molecule has 52 heavy (non-hydrogen) atoms. The molecule has 2 saturated heterocycles. The molecule has 21 nitrogen and oxygen atoms in total. The van der Waals surface area contributed by atoms with Gasteiger partial charge in [0.05, 0.1) is 31.7 Å². The van der Waals surface area contributed by atoms with Crippen molar-refractivity contribution in [2.75, 3.05) is 38.7 Å². The highest BCUT2D eigenvalue weighted by Crippen LogP contribution is 2.40. The number of aromatic amines is 1. The van der Waals surface area contributed by atoms with E-state index in [1.54, 1.807) is 4.57 Å².